The third kappa shape index (κ3) is 4.12. The van der Waals surface area contributed by atoms with Gasteiger partial charge in [0.15, 0.2) is 0 Å². The first-order chi connectivity index (χ1) is 17.0. The maximum absolute atomic E-state index is 14.1. The maximum atomic E-state index is 14.1. The van der Waals surface area contributed by atoms with Gasteiger partial charge in [0.05, 0.1) is 28.0 Å². The molecule has 3 aromatic rings. The lowest BCUT2D eigenvalue weighted by Gasteiger charge is -2.27. The molecule has 2 saturated heterocycles. The average Bonchev–Trinajstić information content (AvgIpc) is 3.42. The standard InChI is InChI=1S/C26H24F6N4/c1-14(18-13-34-22-5-3-4-19(25(27,28)29)23(22)24(18)33-2)35-21-11-10-17(12-20(21)26(30,31)32)36-15-6-7-16(36)9-8-15/h3-5,10-13,15-16,35H,1,6-9H2,2H3,(H,33,34). The maximum Gasteiger partial charge on any atom is 0.418 e. The van der Waals surface area contributed by atoms with E-state index in [4.69, 9.17) is 0 Å². The first kappa shape index (κ1) is 24.3. The Morgan fingerprint density at radius 3 is 2.17 bits per heavy atom. The van der Waals surface area contributed by atoms with E-state index in [1.54, 1.807) is 6.07 Å². The Bertz CT molecular complexity index is 1310. The molecular weight excluding hydrogens is 482 g/mol. The van der Waals surface area contributed by atoms with Crippen molar-refractivity contribution in [1.29, 1.82) is 0 Å². The molecule has 2 fully saturated rings. The van der Waals surface area contributed by atoms with Crippen LogP contribution < -0.4 is 15.5 Å². The number of nitrogens with one attached hydrogen (secondary N) is 2. The average molecular weight is 506 g/mol. The minimum absolute atomic E-state index is 0.00906. The van der Waals surface area contributed by atoms with Crippen LogP contribution in [0, 0.1) is 0 Å². The Morgan fingerprint density at radius 2 is 1.58 bits per heavy atom. The number of alkyl halides is 6. The van der Waals surface area contributed by atoms with Crippen LogP contribution >= 0.6 is 0 Å². The number of anilines is 3. The van der Waals surface area contributed by atoms with Crippen molar-refractivity contribution in [3.8, 4) is 0 Å². The van der Waals surface area contributed by atoms with Crippen LogP contribution in [0.4, 0.5) is 43.4 Å². The van der Waals surface area contributed by atoms with Gasteiger partial charge in [-0.15, -0.1) is 0 Å². The fraction of sp³-hybridized carbons (Fsp3) is 0.346. The predicted molar refractivity (Wildman–Crippen MR) is 129 cm³/mol. The Hall–Kier alpha value is -3.43. The molecule has 2 aliphatic rings. The Labute approximate surface area is 204 Å². The van der Waals surface area contributed by atoms with Gasteiger partial charge in [-0.25, -0.2) is 0 Å². The van der Waals surface area contributed by atoms with Gasteiger partial charge in [-0.1, -0.05) is 12.6 Å². The van der Waals surface area contributed by atoms with E-state index in [-0.39, 0.29) is 45.6 Å². The molecule has 3 heterocycles. The lowest BCUT2D eigenvalue weighted by molar-refractivity contribution is -0.137. The normalized spacial score (nSPS) is 19.7. The highest BCUT2D eigenvalue weighted by Gasteiger charge is 2.41. The van der Waals surface area contributed by atoms with E-state index in [0.717, 1.165) is 37.8 Å². The van der Waals surface area contributed by atoms with E-state index >= 15 is 0 Å². The molecule has 0 unspecified atom stereocenters. The molecule has 5 rings (SSSR count). The lowest BCUT2D eigenvalue weighted by atomic mass is 10.0. The van der Waals surface area contributed by atoms with Crippen LogP contribution in [0.15, 0.2) is 49.2 Å². The van der Waals surface area contributed by atoms with E-state index in [9.17, 15) is 26.3 Å². The molecule has 0 saturated carbocycles. The van der Waals surface area contributed by atoms with Crippen molar-refractivity contribution in [3.05, 3.63) is 65.9 Å². The summed E-state index contributed by atoms with van der Waals surface area (Å²) in [5.41, 5.74) is -1.15. The summed E-state index contributed by atoms with van der Waals surface area (Å²) >= 11 is 0. The van der Waals surface area contributed by atoms with Gasteiger partial charge < -0.3 is 15.5 Å². The van der Waals surface area contributed by atoms with Crippen molar-refractivity contribution in [1.82, 2.24) is 4.98 Å². The molecule has 0 radical (unpaired) electrons. The van der Waals surface area contributed by atoms with Crippen LogP contribution in [-0.4, -0.2) is 24.1 Å². The quantitative estimate of drug-likeness (QED) is 0.351. The highest BCUT2D eigenvalue weighted by molar-refractivity contribution is 6.00. The zero-order valence-electron chi connectivity index (χ0n) is 19.4. The summed E-state index contributed by atoms with van der Waals surface area (Å²) in [6.07, 6.45) is -4.08. The van der Waals surface area contributed by atoms with Crippen LogP contribution in [0.3, 0.4) is 0 Å². The molecule has 2 aromatic carbocycles. The number of nitrogens with zero attached hydrogens (tertiary/aromatic N) is 2. The van der Waals surface area contributed by atoms with Crippen molar-refractivity contribution in [2.45, 2.75) is 50.1 Å². The van der Waals surface area contributed by atoms with Crippen LogP contribution in [0.5, 0.6) is 0 Å². The van der Waals surface area contributed by atoms with Gasteiger partial charge in [0.2, 0.25) is 0 Å². The molecule has 1 aromatic heterocycles. The van der Waals surface area contributed by atoms with Gasteiger partial charge in [-0.05, 0) is 56.0 Å². The van der Waals surface area contributed by atoms with Gasteiger partial charge in [-0.3, -0.25) is 4.98 Å². The van der Waals surface area contributed by atoms with E-state index in [2.05, 4.69) is 27.1 Å². The van der Waals surface area contributed by atoms with E-state index < -0.39 is 23.5 Å². The summed E-state index contributed by atoms with van der Waals surface area (Å²) in [4.78, 5) is 6.20. The Morgan fingerprint density at radius 1 is 0.944 bits per heavy atom. The van der Waals surface area contributed by atoms with Crippen LogP contribution in [0.2, 0.25) is 0 Å². The van der Waals surface area contributed by atoms with Crippen LogP contribution in [0.25, 0.3) is 16.6 Å². The van der Waals surface area contributed by atoms with Gasteiger partial charge in [0.1, 0.15) is 0 Å². The first-order valence-corrected chi connectivity index (χ1v) is 11.6. The van der Waals surface area contributed by atoms with Gasteiger partial charge >= 0.3 is 12.4 Å². The molecule has 190 valence electrons. The summed E-state index contributed by atoms with van der Waals surface area (Å²) < 4.78 is 83.3. The van der Waals surface area contributed by atoms with Gasteiger partial charge in [0.25, 0.3) is 0 Å². The first-order valence-electron chi connectivity index (χ1n) is 11.6. The SMILES string of the molecule is C=C(Nc1ccc(N2C3CCC2CC3)cc1C(F)(F)F)c1cnc2cccc(C(F)(F)F)c2c1NC. The summed E-state index contributed by atoms with van der Waals surface area (Å²) in [5.74, 6) is 0. The predicted octanol–water partition coefficient (Wildman–Crippen LogP) is 7.53. The topological polar surface area (TPSA) is 40.2 Å². The van der Waals surface area contributed by atoms with E-state index in [0.29, 0.717) is 5.69 Å². The molecule has 0 atom stereocenters. The number of halogens is 6. The number of rotatable bonds is 5. The third-order valence-corrected chi connectivity index (χ3v) is 7.12. The molecular formula is C26H24F6N4. The zero-order valence-corrected chi connectivity index (χ0v) is 19.4. The molecule has 0 amide bonds. The van der Waals surface area contributed by atoms with E-state index in [1.807, 2.05) is 0 Å². The van der Waals surface area contributed by atoms with Gasteiger partial charge in [-0.2, -0.15) is 26.3 Å². The highest BCUT2D eigenvalue weighted by Crippen LogP contribution is 2.45. The van der Waals surface area contributed by atoms with E-state index in [1.165, 1.54) is 31.4 Å². The minimum Gasteiger partial charge on any atom is -0.387 e. The number of fused-ring (bicyclic) bond motifs is 3. The van der Waals surface area contributed by atoms with Crippen molar-refractivity contribution in [2.24, 2.45) is 0 Å². The molecule has 10 heteroatoms. The molecule has 2 N–H and O–H groups in total. The van der Waals surface area contributed by atoms with Crippen molar-refractivity contribution in [2.75, 3.05) is 22.6 Å². The highest BCUT2D eigenvalue weighted by atomic mass is 19.4. The van der Waals surface area contributed by atoms with Crippen molar-refractivity contribution >= 4 is 33.7 Å². The molecule has 2 aliphatic heterocycles. The van der Waals surface area contributed by atoms with Crippen LogP contribution in [-0.2, 0) is 12.4 Å². The Balaban J connectivity index is 1.54. The van der Waals surface area contributed by atoms with Crippen LogP contribution in [0.1, 0.15) is 42.4 Å². The van der Waals surface area contributed by atoms with Crippen molar-refractivity contribution < 1.29 is 26.3 Å². The lowest BCUT2D eigenvalue weighted by Crippen LogP contribution is -2.28. The fourth-order valence-electron chi connectivity index (χ4n) is 5.57. The zero-order chi connectivity index (χ0) is 25.8. The second kappa shape index (κ2) is 8.60. The summed E-state index contributed by atoms with van der Waals surface area (Å²) in [5, 5.41) is 5.27. The fourth-order valence-corrected chi connectivity index (χ4v) is 5.57. The summed E-state index contributed by atoms with van der Waals surface area (Å²) in [6, 6.07) is 8.31. The monoisotopic (exact) mass is 506 g/mol. The number of pyridine rings is 1. The molecule has 4 nitrogen and oxygen atoms in total. The number of benzene rings is 2. The third-order valence-electron chi connectivity index (χ3n) is 7.12. The minimum atomic E-state index is -4.64. The second-order valence-corrected chi connectivity index (χ2v) is 9.20. The second-order valence-electron chi connectivity index (χ2n) is 9.20. The molecule has 0 spiro atoms. The molecule has 2 bridgehead atoms. The van der Waals surface area contributed by atoms with Gasteiger partial charge in [0, 0.05) is 47.7 Å². The summed E-state index contributed by atoms with van der Waals surface area (Å²) in [6.45, 7) is 3.83. The number of aromatic nitrogens is 1. The Kier molecular flexibility index (Phi) is 5.80. The smallest absolute Gasteiger partial charge is 0.387 e. The summed E-state index contributed by atoms with van der Waals surface area (Å²) in [7, 11) is 1.44. The largest absolute Gasteiger partial charge is 0.418 e. The number of hydrogen-bond acceptors (Lipinski definition) is 4. The molecule has 0 aliphatic carbocycles. The molecule has 36 heavy (non-hydrogen) atoms. The van der Waals surface area contributed by atoms with Crippen molar-refractivity contribution in [3.63, 3.8) is 0 Å². The number of hydrogen-bond donors (Lipinski definition) is 2.